The van der Waals surface area contributed by atoms with Crippen LogP contribution >= 0.6 is 0 Å². The first kappa shape index (κ1) is 9.24. The van der Waals surface area contributed by atoms with E-state index < -0.39 is 0 Å². The Morgan fingerprint density at radius 3 is 2.58 bits per heavy atom. The smallest absolute Gasteiger partial charge is 0.0748 e. The van der Waals surface area contributed by atoms with Crippen LogP contribution < -0.4 is 0 Å². The first-order chi connectivity index (χ1) is 5.86. The Balaban J connectivity index is 0.000000336. The molecule has 66 valence electrons. The van der Waals surface area contributed by atoms with Crippen molar-refractivity contribution < 1.29 is 0 Å². The van der Waals surface area contributed by atoms with Crippen LogP contribution in [0.25, 0.3) is 0 Å². The van der Waals surface area contributed by atoms with E-state index in [-0.39, 0.29) is 0 Å². The van der Waals surface area contributed by atoms with E-state index >= 15 is 0 Å². The average molecular weight is 163 g/mol. The van der Waals surface area contributed by atoms with E-state index in [0.29, 0.717) is 12.0 Å². The molecule has 2 aliphatic rings. The average Bonchev–Trinajstić information content (AvgIpc) is 2.48. The van der Waals surface area contributed by atoms with Crippen molar-refractivity contribution in [3.8, 4) is 0 Å². The molecule has 0 aromatic carbocycles. The topological polar surface area (TPSA) is 12.4 Å². The highest BCUT2D eigenvalue weighted by atomic mass is 14.8. The summed E-state index contributed by atoms with van der Waals surface area (Å²) in [6.07, 6.45) is 9.80. The van der Waals surface area contributed by atoms with Gasteiger partial charge in [-0.25, -0.2) is 0 Å². The number of hydrogen-bond donors (Lipinski definition) is 0. The van der Waals surface area contributed by atoms with Crippen molar-refractivity contribution in [3.05, 3.63) is 24.3 Å². The zero-order valence-corrected chi connectivity index (χ0v) is 8.12. The second kappa shape index (κ2) is 4.24. The lowest BCUT2D eigenvalue weighted by Crippen LogP contribution is -2.10. The zero-order valence-electron chi connectivity index (χ0n) is 8.12. The largest absolute Gasteiger partial charge is 0.286 e. The fourth-order valence-electron chi connectivity index (χ4n) is 1.62. The van der Waals surface area contributed by atoms with Gasteiger partial charge in [0.1, 0.15) is 0 Å². The van der Waals surface area contributed by atoms with E-state index in [9.17, 15) is 0 Å². The Hall–Kier alpha value is -0.850. The first-order valence-electron chi connectivity index (χ1n) is 4.74. The molecular weight excluding hydrogens is 146 g/mol. The van der Waals surface area contributed by atoms with Gasteiger partial charge in [0.05, 0.1) is 6.04 Å². The molecule has 0 amide bonds. The summed E-state index contributed by atoms with van der Waals surface area (Å²) in [5.74, 6) is 0.671. The fourth-order valence-corrected chi connectivity index (χ4v) is 1.62. The van der Waals surface area contributed by atoms with Crippen molar-refractivity contribution in [2.75, 3.05) is 0 Å². The maximum atomic E-state index is 4.49. The quantitative estimate of drug-likeness (QED) is 0.520. The van der Waals surface area contributed by atoms with Crippen LogP contribution in [0.3, 0.4) is 0 Å². The number of fused-ring (bicyclic) bond motifs is 1. The van der Waals surface area contributed by atoms with Gasteiger partial charge in [0.2, 0.25) is 0 Å². The van der Waals surface area contributed by atoms with E-state index in [4.69, 9.17) is 0 Å². The molecule has 1 nitrogen and oxygen atoms in total. The fraction of sp³-hybridized carbons (Fsp3) is 0.545. The molecule has 12 heavy (non-hydrogen) atoms. The predicted octanol–water partition coefficient (Wildman–Crippen LogP) is 2.99. The maximum absolute atomic E-state index is 4.49. The molecule has 1 heterocycles. The molecule has 1 aliphatic heterocycles. The van der Waals surface area contributed by atoms with E-state index in [1.54, 1.807) is 0 Å². The summed E-state index contributed by atoms with van der Waals surface area (Å²) in [6.45, 7) is 6.11. The Morgan fingerprint density at radius 2 is 1.92 bits per heavy atom. The van der Waals surface area contributed by atoms with Crippen molar-refractivity contribution in [1.82, 2.24) is 0 Å². The number of nitrogens with zero attached hydrogens (tertiary/aromatic N) is 1. The van der Waals surface area contributed by atoms with E-state index in [1.807, 2.05) is 13.8 Å². The molecule has 2 atom stereocenters. The van der Waals surface area contributed by atoms with Crippen LogP contribution in [-0.2, 0) is 0 Å². The van der Waals surface area contributed by atoms with Crippen molar-refractivity contribution >= 4 is 5.71 Å². The molecule has 0 spiro atoms. The summed E-state index contributed by atoms with van der Waals surface area (Å²) in [5.41, 5.74) is 1.30. The maximum Gasteiger partial charge on any atom is 0.0748 e. The molecule has 0 fully saturated rings. The molecule has 1 aliphatic carbocycles. The molecule has 0 saturated carbocycles. The molecule has 0 radical (unpaired) electrons. The van der Waals surface area contributed by atoms with Gasteiger partial charge in [0.25, 0.3) is 0 Å². The van der Waals surface area contributed by atoms with Crippen LogP contribution in [0.1, 0.15) is 27.2 Å². The van der Waals surface area contributed by atoms with Gasteiger partial charge in [-0.2, -0.15) is 0 Å². The van der Waals surface area contributed by atoms with Gasteiger partial charge >= 0.3 is 0 Å². The van der Waals surface area contributed by atoms with E-state index in [1.165, 1.54) is 5.71 Å². The standard InChI is InChI=1S/C9H11N.C2H6/c1-7-6-8-4-2-3-5-9(8)10-7;1-2/h2-5,8-9H,6H2,1H3;1-2H3. The summed E-state index contributed by atoms with van der Waals surface area (Å²) in [6, 6.07) is 0.463. The summed E-state index contributed by atoms with van der Waals surface area (Å²) >= 11 is 0. The molecule has 0 saturated heterocycles. The Bertz CT molecular complexity index is 223. The lowest BCUT2D eigenvalue weighted by atomic mass is 9.95. The Morgan fingerprint density at radius 1 is 1.25 bits per heavy atom. The molecular formula is C11H17N. The van der Waals surface area contributed by atoms with Crippen LogP contribution in [0, 0.1) is 5.92 Å². The van der Waals surface area contributed by atoms with Crippen molar-refractivity contribution in [2.24, 2.45) is 10.9 Å². The van der Waals surface area contributed by atoms with Gasteiger partial charge in [0, 0.05) is 11.6 Å². The lowest BCUT2D eigenvalue weighted by Gasteiger charge is -2.11. The van der Waals surface area contributed by atoms with Gasteiger partial charge in [-0.3, -0.25) is 4.99 Å². The van der Waals surface area contributed by atoms with E-state index in [2.05, 4.69) is 36.2 Å². The summed E-state index contributed by atoms with van der Waals surface area (Å²) in [7, 11) is 0. The van der Waals surface area contributed by atoms with Crippen molar-refractivity contribution in [1.29, 1.82) is 0 Å². The predicted molar refractivity (Wildman–Crippen MR) is 54.6 cm³/mol. The Kier molecular flexibility index (Phi) is 3.27. The molecule has 0 aromatic rings. The van der Waals surface area contributed by atoms with E-state index in [0.717, 1.165) is 6.42 Å². The highest BCUT2D eigenvalue weighted by molar-refractivity contribution is 5.84. The molecule has 0 bridgehead atoms. The van der Waals surface area contributed by atoms with Crippen LogP contribution in [0.5, 0.6) is 0 Å². The van der Waals surface area contributed by atoms with Crippen molar-refractivity contribution in [2.45, 2.75) is 33.2 Å². The minimum atomic E-state index is 0.463. The van der Waals surface area contributed by atoms with Gasteiger partial charge in [-0.05, 0) is 13.3 Å². The summed E-state index contributed by atoms with van der Waals surface area (Å²) in [4.78, 5) is 4.49. The van der Waals surface area contributed by atoms with Gasteiger partial charge in [-0.15, -0.1) is 0 Å². The van der Waals surface area contributed by atoms with Crippen LogP contribution in [0.15, 0.2) is 29.3 Å². The minimum absolute atomic E-state index is 0.463. The van der Waals surface area contributed by atoms with Gasteiger partial charge < -0.3 is 0 Å². The molecule has 0 N–H and O–H groups in total. The summed E-state index contributed by atoms with van der Waals surface area (Å²) in [5, 5.41) is 0. The monoisotopic (exact) mass is 163 g/mol. The molecule has 2 unspecified atom stereocenters. The molecule has 2 rings (SSSR count). The highest BCUT2D eigenvalue weighted by Gasteiger charge is 2.23. The SMILES string of the molecule is CC.CC1=NC2C=CC=CC2C1. The first-order valence-corrected chi connectivity index (χ1v) is 4.74. The highest BCUT2D eigenvalue weighted by Crippen LogP contribution is 2.25. The number of rotatable bonds is 0. The third kappa shape index (κ3) is 1.84. The third-order valence-corrected chi connectivity index (χ3v) is 2.12. The van der Waals surface area contributed by atoms with Gasteiger partial charge in [-0.1, -0.05) is 38.2 Å². The normalized spacial score (nSPS) is 30.4. The molecule has 0 aromatic heterocycles. The molecule has 1 heteroatoms. The van der Waals surface area contributed by atoms with Crippen LogP contribution in [0.2, 0.25) is 0 Å². The Labute approximate surface area is 74.9 Å². The second-order valence-electron chi connectivity index (χ2n) is 2.99. The van der Waals surface area contributed by atoms with Crippen molar-refractivity contribution in [3.63, 3.8) is 0 Å². The lowest BCUT2D eigenvalue weighted by molar-refractivity contribution is 0.637. The summed E-state index contributed by atoms with van der Waals surface area (Å²) < 4.78 is 0. The van der Waals surface area contributed by atoms with Gasteiger partial charge in [0.15, 0.2) is 0 Å². The van der Waals surface area contributed by atoms with Crippen LogP contribution in [-0.4, -0.2) is 11.8 Å². The number of hydrogen-bond acceptors (Lipinski definition) is 1. The third-order valence-electron chi connectivity index (χ3n) is 2.12. The van der Waals surface area contributed by atoms with Crippen LogP contribution in [0.4, 0.5) is 0 Å². The number of aliphatic imine (C=N–C) groups is 1. The number of allylic oxidation sites excluding steroid dienone is 2. The second-order valence-corrected chi connectivity index (χ2v) is 2.99. The minimum Gasteiger partial charge on any atom is -0.286 e. The zero-order chi connectivity index (χ0) is 8.97.